The number of benzene rings is 1. The Bertz CT molecular complexity index is 273. The lowest BCUT2D eigenvalue weighted by Gasteiger charge is -2.09. The molecule has 1 N–H and O–H groups in total. The molecule has 1 unspecified atom stereocenters. The summed E-state index contributed by atoms with van der Waals surface area (Å²) in [5.74, 6) is -1.60. The van der Waals surface area contributed by atoms with Gasteiger partial charge in [0.15, 0.2) is 11.6 Å². The van der Waals surface area contributed by atoms with Gasteiger partial charge in [-0.15, -0.1) is 0 Å². The van der Waals surface area contributed by atoms with Crippen LogP contribution in [0.1, 0.15) is 18.5 Å². The fraction of sp³-hybridized carbons (Fsp3) is 0.333. The monoisotopic (exact) mass is 171 g/mol. The third-order valence-corrected chi connectivity index (χ3v) is 1.88. The highest BCUT2D eigenvalue weighted by Crippen LogP contribution is 2.14. The first-order valence-corrected chi connectivity index (χ1v) is 3.77. The summed E-state index contributed by atoms with van der Waals surface area (Å²) in [4.78, 5) is 0. The molecular formula is C9H11F2N. The number of halogens is 2. The second-order valence-electron chi connectivity index (χ2n) is 2.68. The molecule has 0 aromatic heterocycles. The highest BCUT2D eigenvalue weighted by Gasteiger charge is 2.06. The minimum atomic E-state index is -0.804. The predicted molar refractivity (Wildman–Crippen MR) is 43.8 cm³/mol. The fourth-order valence-electron chi connectivity index (χ4n) is 0.948. The lowest BCUT2D eigenvalue weighted by atomic mass is 10.1. The first kappa shape index (κ1) is 9.13. The molecule has 0 heterocycles. The molecule has 0 spiro atoms. The molecule has 3 heteroatoms. The van der Waals surface area contributed by atoms with Crippen molar-refractivity contribution in [3.63, 3.8) is 0 Å². The van der Waals surface area contributed by atoms with Gasteiger partial charge in [-0.25, -0.2) is 8.78 Å². The highest BCUT2D eigenvalue weighted by molar-refractivity contribution is 5.20. The van der Waals surface area contributed by atoms with Crippen LogP contribution in [0, 0.1) is 11.6 Å². The van der Waals surface area contributed by atoms with Crippen molar-refractivity contribution in [1.29, 1.82) is 0 Å². The molecule has 1 nitrogen and oxygen atoms in total. The van der Waals surface area contributed by atoms with Crippen molar-refractivity contribution in [3.8, 4) is 0 Å². The summed E-state index contributed by atoms with van der Waals surface area (Å²) >= 11 is 0. The van der Waals surface area contributed by atoms with E-state index in [0.29, 0.717) is 0 Å². The largest absolute Gasteiger partial charge is 0.313 e. The van der Waals surface area contributed by atoms with Crippen LogP contribution < -0.4 is 5.32 Å². The van der Waals surface area contributed by atoms with E-state index < -0.39 is 11.6 Å². The molecule has 0 aliphatic rings. The quantitative estimate of drug-likeness (QED) is 0.719. The van der Waals surface area contributed by atoms with E-state index in [2.05, 4.69) is 5.32 Å². The molecule has 0 amide bonds. The molecule has 0 radical (unpaired) electrons. The van der Waals surface area contributed by atoms with Crippen molar-refractivity contribution >= 4 is 0 Å². The van der Waals surface area contributed by atoms with Gasteiger partial charge >= 0.3 is 0 Å². The van der Waals surface area contributed by atoms with Gasteiger partial charge in [0.05, 0.1) is 0 Å². The van der Waals surface area contributed by atoms with Gasteiger partial charge in [-0.3, -0.25) is 0 Å². The average molecular weight is 171 g/mol. The Morgan fingerprint density at radius 2 is 1.92 bits per heavy atom. The Morgan fingerprint density at radius 1 is 1.25 bits per heavy atom. The third-order valence-electron chi connectivity index (χ3n) is 1.88. The molecule has 1 aromatic rings. The molecule has 66 valence electrons. The van der Waals surface area contributed by atoms with Crippen LogP contribution in [-0.4, -0.2) is 7.05 Å². The zero-order valence-corrected chi connectivity index (χ0v) is 7.07. The number of hydrogen-bond acceptors (Lipinski definition) is 1. The zero-order valence-electron chi connectivity index (χ0n) is 7.07. The Labute approximate surface area is 70.4 Å². The molecule has 0 saturated heterocycles. The molecule has 0 aliphatic carbocycles. The van der Waals surface area contributed by atoms with Crippen LogP contribution in [-0.2, 0) is 0 Å². The predicted octanol–water partition coefficient (Wildman–Crippen LogP) is 2.25. The van der Waals surface area contributed by atoms with Gasteiger partial charge in [0.1, 0.15) is 0 Å². The van der Waals surface area contributed by atoms with Crippen molar-refractivity contribution < 1.29 is 8.78 Å². The zero-order chi connectivity index (χ0) is 9.14. The van der Waals surface area contributed by atoms with Crippen LogP contribution in [0.25, 0.3) is 0 Å². The average Bonchev–Trinajstić information content (AvgIpc) is 2.08. The van der Waals surface area contributed by atoms with E-state index in [1.807, 2.05) is 6.92 Å². The number of rotatable bonds is 2. The first-order valence-electron chi connectivity index (χ1n) is 3.77. The smallest absolute Gasteiger partial charge is 0.159 e. The highest BCUT2D eigenvalue weighted by atomic mass is 19.2. The first-order chi connectivity index (χ1) is 5.65. The van der Waals surface area contributed by atoms with Gasteiger partial charge in [-0.2, -0.15) is 0 Å². The summed E-state index contributed by atoms with van der Waals surface area (Å²) < 4.78 is 25.1. The van der Waals surface area contributed by atoms with Crippen LogP contribution in [0.15, 0.2) is 18.2 Å². The van der Waals surface area contributed by atoms with Crippen LogP contribution in [0.2, 0.25) is 0 Å². The normalized spacial score (nSPS) is 13.0. The lowest BCUT2D eigenvalue weighted by molar-refractivity contribution is 0.504. The molecular weight excluding hydrogens is 160 g/mol. The van der Waals surface area contributed by atoms with Gasteiger partial charge in [0.2, 0.25) is 0 Å². The Kier molecular flexibility index (Phi) is 2.76. The minimum Gasteiger partial charge on any atom is -0.313 e. The molecule has 1 rings (SSSR count). The van der Waals surface area contributed by atoms with Crippen molar-refractivity contribution in [2.24, 2.45) is 0 Å². The summed E-state index contributed by atoms with van der Waals surface area (Å²) in [6.07, 6.45) is 0. The number of nitrogens with one attached hydrogen (secondary N) is 1. The molecule has 0 bridgehead atoms. The van der Waals surface area contributed by atoms with Gasteiger partial charge in [-0.05, 0) is 31.7 Å². The Balaban J connectivity index is 2.96. The van der Waals surface area contributed by atoms with Crippen LogP contribution in [0.5, 0.6) is 0 Å². The van der Waals surface area contributed by atoms with E-state index in [1.54, 1.807) is 13.1 Å². The molecule has 1 atom stereocenters. The van der Waals surface area contributed by atoms with E-state index in [-0.39, 0.29) is 6.04 Å². The Morgan fingerprint density at radius 3 is 2.42 bits per heavy atom. The van der Waals surface area contributed by atoms with Crippen LogP contribution >= 0.6 is 0 Å². The fourth-order valence-corrected chi connectivity index (χ4v) is 0.948. The van der Waals surface area contributed by atoms with Gasteiger partial charge < -0.3 is 5.32 Å². The summed E-state index contributed by atoms with van der Waals surface area (Å²) in [6.45, 7) is 1.88. The molecule has 0 aliphatic heterocycles. The lowest BCUT2D eigenvalue weighted by Crippen LogP contribution is -2.12. The summed E-state index contributed by atoms with van der Waals surface area (Å²) in [5.41, 5.74) is 0.747. The standard InChI is InChI=1S/C9H11F2N/c1-6(12-2)7-3-4-8(10)9(11)5-7/h3-6,12H,1-2H3. The van der Waals surface area contributed by atoms with E-state index in [1.165, 1.54) is 6.07 Å². The maximum atomic E-state index is 12.7. The maximum Gasteiger partial charge on any atom is 0.159 e. The topological polar surface area (TPSA) is 12.0 Å². The van der Waals surface area contributed by atoms with Gasteiger partial charge in [0, 0.05) is 6.04 Å². The van der Waals surface area contributed by atoms with Crippen molar-refractivity contribution in [1.82, 2.24) is 5.32 Å². The van der Waals surface area contributed by atoms with E-state index in [0.717, 1.165) is 11.6 Å². The summed E-state index contributed by atoms with van der Waals surface area (Å²) in [5, 5.41) is 2.94. The second-order valence-corrected chi connectivity index (χ2v) is 2.68. The van der Waals surface area contributed by atoms with Crippen LogP contribution in [0.4, 0.5) is 8.78 Å². The molecule has 0 saturated carbocycles. The number of hydrogen-bond donors (Lipinski definition) is 1. The van der Waals surface area contributed by atoms with Crippen molar-refractivity contribution in [3.05, 3.63) is 35.4 Å². The molecule has 0 fully saturated rings. The van der Waals surface area contributed by atoms with E-state index in [4.69, 9.17) is 0 Å². The van der Waals surface area contributed by atoms with Gasteiger partial charge in [0.25, 0.3) is 0 Å². The van der Waals surface area contributed by atoms with Gasteiger partial charge in [-0.1, -0.05) is 6.07 Å². The van der Waals surface area contributed by atoms with Crippen LogP contribution in [0.3, 0.4) is 0 Å². The minimum absolute atomic E-state index is 0.0418. The SMILES string of the molecule is CNC(C)c1ccc(F)c(F)c1. The summed E-state index contributed by atoms with van der Waals surface area (Å²) in [6, 6.07) is 3.95. The second kappa shape index (κ2) is 3.63. The third kappa shape index (κ3) is 1.80. The van der Waals surface area contributed by atoms with Crippen molar-refractivity contribution in [2.75, 3.05) is 7.05 Å². The van der Waals surface area contributed by atoms with E-state index >= 15 is 0 Å². The molecule has 12 heavy (non-hydrogen) atoms. The maximum absolute atomic E-state index is 12.7. The summed E-state index contributed by atoms with van der Waals surface area (Å²) in [7, 11) is 1.77. The van der Waals surface area contributed by atoms with Crippen molar-refractivity contribution in [2.45, 2.75) is 13.0 Å². The Hall–Kier alpha value is -0.960. The van der Waals surface area contributed by atoms with E-state index in [9.17, 15) is 8.78 Å². The molecule has 1 aromatic carbocycles.